The zero-order valence-electron chi connectivity index (χ0n) is 14.0. The van der Waals surface area contributed by atoms with Crippen LogP contribution in [0.2, 0.25) is 0 Å². The highest BCUT2D eigenvalue weighted by atomic mass is 16.2. The molecule has 0 saturated heterocycles. The Kier molecular flexibility index (Phi) is 8.26. The molecule has 1 aromatic rings. The minimum atomic E-state index is -0.448. The summed E-state index contributed by atoms with van der Waals surface area (Å²) in [5.74, 6) is -0.0432. The molecule has 0 bridgehead atoms. The van der Waals surface area contributed by atoms with Crippen molar-refractivity contribution in [2.75, 3.05) is 6.54 Å². The Balaban J connectivity index is 2.76. The number of hydrogen-bond acceptors (Lipinski definition) is 2. The molecule has 0 aliphatic carbocycles. The summed E-state index contributed by atoms with van der Waals surface area (Å²) in [7, 11) is 0. The van der Waals surface area contributed by atoms with E-state index >= 15 is 0 Å². The van der Waals surface area contributed by atoms with Gasteiger partial charge in [0.2, 0.25) is 11.8 Å². The summed E-state index contributed by atoms with van der Waals surface area (Å²) in [5, 5.41) is 2.91. The highest BCUT2D eigenvalue weighted by Crippen LogP contribution is 2.11. The zero-order chi connectivity index (χ0) is 16.4. The quantitative estimate of drug-likeness (QED) is 0.713. The number of nitrogens with one attached hydrogen (secondary N) is 1. The molecule has 0 aliphatic heterocycles. The molecule has 4 nitrogen and oxygen atoms in total. The van der Waals surface area contributed by atoms with E-state index in [1.165, 1.54) is 0 Å². The van der Waals surface area contributed by atoms with Gasteiger partial charge in [0.05, 0.1) is 0 Å². The Hall–Kier alpha value is -1.84. The van der Waals surface area contributed by atoms with Crippen molar-refractivity contribution in [3.05, 3.63) is 35.9 Å². The van der Waals surface area contributed by atoms with Crippen molar-refractivity contribution in [1.82, 2.24) is 10.2 Å². The maximum Gasteiger partial charge on any atom is 0.242 e. The van der Waals surface area contributed by atoms with Gasteiger partial charge in [-0.2, -0.15) is 0 Å². The number of unbranched alkanes of at least 4 members (excludes halogenated alkanes) is 1. The Labute approximate surface area is 133 Å². The van der Waals surface area contributed by atoms with Crippen molar-refractivity contribution in [2.24, 2.45) is 0 Å². The number of nitrogens with zero attached hydrogens (tertiary/aromatic N) is 1. The fourth-order valence-electron chi connectivity index (χ4n) is 2.26. The molecular weight excluding hydrogens is 276 g/mol. The monoisotopic (exact) mass is 304 g/mol. The van der Waals surface area contributed by atoms with Crippen LogP contribution < -0.4 is 5.32 Å². The molecule has 0 saturated carbocycles. The molecule has 1 N–H and O–H groups in total. The van der Waals surface area contributed by atoms with Gasteiger partial charge in [0.25, 0.3) is 0 Å². The topological polar surface area (TPSA) is 49.4 Å². The summed E-state index contributed by atoms with van der Waals surface area (Å²) in [6, 6.07) is 9.36. The van der Waals surface area contributed by atoms with E-state index in [1.54, 1.807) is 11.8 Å². The van der Waals surface area contributed by atoms with Crippen molar-refractivity contribution in [3.63, 3.8) is 0 Å². The van der Waals surface area contributed by atoms with E-state index in [1.807, 2.05) is 37.3 Å². The van der Waals surface area contributed by atoms with Crippen molar-refractivity contribution in [3.8, 4) is 0 Å². The fourth-order valence-corrected chi connectivity index (χ4v) is 2.26. The predicted molar refractivity (Wildman–Crippen MR) is 89.3 cm³/mol. The third-order valence-corrected chi connectivity index (χ3v) is 3.66. The molecule has 2 amide bonds. The molecule has 0 aromatic heterocycles. The molecule has 1 aromatic carbocycles. The van der Waals surface area contributed by atoms with E-state index in [-0.39, 0.29) is 11.8 Å². The Morgan fingerprint density at radius 3 is 2.41 bits per heavy atom. The van der Waals surface area contributed by atoms with E-state index in [2.05, 4.69) is 12.2 Å². The normalized spacial score (nSPS) is 11.8. The molecule has 0 heterocycles. The van der Waals surface area contributed by atoms with Gasteiger partial charge in [-0.25, -0.2) is 0 Å². The maximum absolute atomic E-state index is 12.4. The van der Waals surface area contributed by atoms with Crippen LogP contribution in [0, 0.1) is 0 Å². The standard InChI is InChI=1S/C18H28N2O2/c1-4-6-13-19-18(22)15(3)20(17(21)10-5-2)14-16-11-8-7-9-12-16/h7-9,11-12,15H,4-6,10,13-14H2,1-3H3,(H,19,22)/t15-/m0/s1. The van der Waals surface area contributed by atoms with Gasteiger partial charge in [0.15, 0.2) is 0 Å². The minimum Gasteiger partial charge on any atom is -0.354 e. The second-order valence-electron chi connectivity index (χ2n) is 5.58. The van der Waals surface area contributed by atoms with E-state index in [0.29, 0.717) is 19.5 Å². The first-order chi connectivity index (χ1) is 10.6. The van der Waals surface area contributed by atoms with Crippen LogP contribution in [0.3, 0.4) is 0 Å². The fraction of sp³-hybridized carbons (Fsp3) is 0.556. The Bertz CT molecular complexity index is 459. The number of rotatable bonds is 9. The number of benzene rings is 1. The summed E-state index contributed by atoms with van der Waals surface area (Å²) in [6.45, 7) is 7.01. The van der Waals surface area contributed by atoms with Crippen LogP contribution >= 0.6 is 0 Å². The average Bonchev–Trinajstić information content (AvgIpc) is 2.53. The van der Waals surface area contributed by atoms with Crippen molar-refractivity contribution < 1.29 is 9.59 Å². The van der Waals surface area contributed by atoms with Crippen LogP contribution in [0.5, 0.6) is 0 Å². The zero-order valence-corrected chi connectivity index (χ0v) is 14.0. The molecule has 1 rings (SSSR count). The summed E-state index contributed by atoms with van der Waals surface area (Å²) in [6.07, 6.45) is 3.25. The Morgan fingerprint density at radius 1 is 1.14 bits per heavy atom. The highest BCUT2D eigenvalue weighted by molar-refractivity contribution is 5.87. The third kappa shape index (κ3) is 5.88. The van der Waals surface area contributed by atoms with Gasteiger partial charge in [-0.1, -0.05) is 50.6 Å². The lowest BCUT2D eigenvalue weighted by atomic mass is 10.1. The first kappa shape index (κ1) is 18.2. The third-order valence-electron chi connectivity index (χ3n) is 3.66. The minimum absolute atomic E-state index is 0.0319. The van der Waals surface area contributed by atoms with Crippen LogP contribution in [-0.2, 0) is 16.1 Å². The van der Waals surface area contributed by atoms with Crippen LogP contribution in [0.1, 0.15) is 52.0 Å². The molecule has 122 valence electrons. The van der Waals surface area contributed by atoms with Crippen molar-refractivity contribution in [1.29, 1.82) is 0 Å². The predicted octanol–water partition coefficient (Wildman–Crippen LogP) is 3.12. The average molecular weight is 304 g/mol. The number of hydrogen-bond donors (Lipinski definition) is 1. The first-order valence-corrected chi connectivity index (χ1v) is 8.21. The van der Waals surface area contributed by atoms with Gasteiger partial charge in [0.1, 0.15) is 6.04 Å². The van der Waals surface area contributed by atoms with Gasteiger partial charge in [-0.05, 0) is 25.3 Å². The van der Waals surface area contributed by atoms with Gasteiger partial charge in [-0.3, -0.25) is 9.59 Å². The van der Waals surface area contributed by atoms with Crippen molar-refractivity contribution >= 4 is 11.8 Å². The van der Waals surface area contributed by atoms with Crippen LogP contribution in [0.4, 0.5) is 0 Å². The smallest absolute Gasteiger partial charge is 0.242 e. The van der Waals surface area contributed by atoms with Crippen LogP contribution in [0.15, 0.2) is 30.3 Å². The van der Waals surface area contributed by atoms with Gasteiger partial charge in [0, 0.05) is 19.5 Å². The number of carbonyl (C=O) groups is 2. The largest absolute Gasteiger partial charge is 0.354 e. The van der Waals surface area contributed by atoms with E-state index in [0.717, 1.165) is 24.8 Å². The van der Waals surface area contributed by atoms with Crippen LogP contribution in [0.25, 0.3) is 0 Å². The van der Waals surface area contributed by atoms with Crippen LogP contribution in [-0.4, -0.2) is 29.3 Å². The maximum atomic E-state index is 12.4. The molecule has 0 fully saturated rings. The lowest BCUT2D eigenvalue weighted by molar-refractivity contribution is -0.140. The molecule has 0 unspecified atom stereocenters. The number of carbonyl (C=O) groups excluding carboxylic acids is 2. The lowest BCUT2D eigenvalue weighted by Crippen LogP contribution is -2.47. The van der Waals surface area contributed by atoms with E-state index in [9.17, 15) is 9.59 Å². The second kappa shape index (κ2) is 9.98. The molecule has 0 aliphatic rings. The SMILES string of the molecule is CCCCNC(=O)[C@H](C)N(Cc1ccccc1)C(=O)CCC. The molecule has 4 heteroatoms. The highest BCUT2D eigenvalue weighted by Gasteiger charge is 2.25. The number of amides is 2. The summed E-state index contributed by atoms with van der Waals surface area (Å²) >= 11 is 0. The second-order valence-corrected chi connectivity index (χ2v) is 5.58. The summed E-state index contributed by atoms with van der Waals surface area (Å²) < 4.78 is 0. The summed E-state index contributed by atoms with van der Waals surface area (Å²) in [5.41, 5.74) is 1.04. The Morgan fingerprint density at radius 2 is 1.82 bits per heavy atom. The van der Waals surface area contributed by atoms with Crippen molar-refractivity contribution in [2.45, 2.75) is 59.0 Å². The summed E-state index contributed by atoms with van der Waals surface area (Å²) in [4.78, 5) is 26.3. The van der Waals surface area contributed by atoms with Gasteiger partial charge < -0.3 is 10.2 Å². The van der Waals surface area contributed by atoms with E-state index in [4.69, 9.17) is 0 Å². The van der Waals surface area contributed by atoms with Gasteiger partial charge in [-0.15, -0.1) is 0 Å². The lowest BCUT2D eigenvalue weighted by Gasteiger charge is -2.28. The first-order valence-electron chi connectivity index (χ1n) is 8.21. The molecule has 22 heavy (non-hydrogen) atoms. The molecule has 1 atom stereocenters. The molecular formula is C18H28N2O2. The molecule has 0 spiro atoms. The molecule has 0 radical (unpaired) electrons. The van der Waals surface area contributed by atoms with Gasteiger partial charge >= 0.3 is 0 Å². The van der Waals surface area contributed by atoms with E-state index < -0.39 is 6.04 Å².